The molecule has 0 aliphatic rings. The number of nitrogens with zero attached hydrogens (tertiary/aromatic N) is 1. The van der Waals surface area contributed by atoms with Gasteiger partial charge in [0.1, 0.15) is 18.2 Å². The van der Waals surface area contributed by atoms with E-state index >= 15 is 0 Å². The van der Waals surface area contributed by atoms with Crippen LogP contribution in [-0.4, -0.2) is 4.92 Å². The molecule has 0 saturated carbocycles. The van der Waals surface area contributed by atoms with E-state index in [1.165, 1.54) is 12.1 Å². The van der Waals surface area contributed by atoms with Gasteiger partial charge in [0.15, 0.2) is 0 Å². The highest BCUT2D eigenvalue weighted by Crippen LogP contribution is 2.28. The summed E-state index contributed by atoms with van der Waals surface area (Å²) in [6.45, 7) is -0.0569. The molecule has 2 aromatic rings. The smallest absolute Gasteiger partial charge is 0.272 e. The zero-order chi connectivity index (χ0) is 14.7. The van der Waals surface area contributed by atoms with Crippen molar-refractivity contribution in [1.82, 2.24) is 0 Å². The van der Waals surface area contributed by atoms with Gasteiger partial charge in [-0.05, 0) is 23.8 Å². The van der Waals surface area contributed by atoms with Gasteiger partial charge in [0.2, 0.25) is 0 Å². The van der Waals surface area contributed by atoms with Gasteiger partial charge in [-0.1, -0.05) is 23.2 Å². The predicted molar refractivity (Wildman–Crippen MR) is 73.8 cm³/mol. The van der Waals surface area contributed by atoms with E-state index in [0.29, 0.717) is 21.4 Å². The second-order valence-electron chi connectivity index (χ2n) is 3.94. The summed E-state index contributed by atoms with van der Waals surface area (Å²) >= 11 is 11.7. The van der Waals surface area contributed by atoms with Crippen molar-refractivity contribution in [2.24, 2.45) is 0 Å². The summed E-state index contributed by atoms with van der Waals surface area (Å²) in [7, 11) is 0. The van der Waals surface area contributed by atoms with Gasteiger partial charge in [-0.25, -0.2) is 4.39 Å². The van der Waals surface area contributed by atoms with Gasteiger partial charge in [-0.2, -0.15) is 0 Å². The molecular weight excluding hydrogens is 308 g/mol. The normalized spacial score (nSPS) is 10.3. The second kappa shape index (κ2) is 6.07. The molecule has 0 aliphatic carbocycles. The van der Waals surface area contributed by atoms with E-state index < -0.39 is 10.7 Å². The Morgan fingerprint density at radius 3 is 2.65 bits per heavy atom. The van der Waals surface area contributed by atoms with Crippen molar-refractivity contribution in [2.75, 3.05) is 0 Å². The maximum Gasteiger partial charge on any atom is 0.272 e. The van der Waals surface area contributed by atoms with Crippen molar-refractivity contribution in [3.8, 4) is 5.75 Å². The van der Waals surface area contributed by atoms with Crippen LogP contribution >= 0.6 is 23.2 Å². The molecule has 104 valence electrons. The van der Waals surface area contributed by atoms with Crippen molar-refractivity contribution in [1.29, 1.82) is 0 Å². The molecule has 0 atom stereocenters. The van der Waals surface area contributed by atoms with Crippen LogP contribution in [0, 0.1) is 15.9 Å². The molecule has 0 radical (unpaired) electrons. The van der Waals surface area contributed by atoms with E-state index in [4.69, 9.17) is 27.9 Å². The Labute approximate surface area is 123 Å². The average Bonchev–Trinajstić information content (AvgIpc) is 2.39. The third-order valence-corrected chi connectivity index (χ3v) is 2.99. The standard InChI is InChI=1S/C13H8Cl2FNO3/c14-9-1-2-12(15)13(5-9)20-7-8-3-10(16)6-11(4-8)17(18)19/h1-6H,7H2. The lowest BCUT2D eigenvalue weighted by Crippen LogP contribution is -1.98. The molecule has 0 amide bonds. The van der Waals surface area contributed by atoms with E-state index in [-0.39, 0.29) is 12.3 Å². The summed E-state index contributed by atoms with van der Waals surface area (Å²) < 4.78 is 18.6. The summed E-state index contributed by atoms with van der Waals surface area (Å²) in [6, 6.07) is 7.91. The number of benzene rings is 2. The van der Waals surface area contributed by atoms with E-state index in [1.54, 1.807) is 12.1 Å². The lowest BCUT2D eigenvalue weighted by Gasteiger charge is -2.08. The maximum atomic E-state index is 13.3. The first-order valence-electron chi connectivity index (χ1n) is 5.47. The van der Waals surface area contributed by atoms with Crippen LogP contribution in [-0.2, 0) is 6.61 Å². The Morgan fingerprint density at radius 2 is 1.95 bits per heavy atom. The van der Waals surface area contributed by atoms with Crippen molar-refractivity contribution >= 4 is 28.9 Å². The number of non-ortho nitro benzene ring substituents is 1. The van der Waals surface area contributed by atoms with Crippen LogP contribution in [0.4, 0.5) is 10.1 Å². The zero-order valence-electron chi connectivity index (χ0n) is 9.98. The van der Waals surface area contributed by atoms with E-state index in [1.807, 2.05) is 0 Å². The minimum absolute atomic E-state index is 0.0569. The first-order valence-corrected chi connectivity index (χ1v) is 6.23. The largest absolute Gasteiger partial charge is 0.487 e. The van der Waals surface area contributed by atoms with E-state index in [0.717, 1.165) is 12.1 Å². The summed E-state index contributed by atoms with van der Waals surface area (Å²) in [6.07, 6.45) is 0. The zero-order valence-corrected chi connectivity index (χ0v) is 11.5. The van der Waals surface area contributed by atoms with Crippen molar-refractivity contribution < 1.29 is 14.1 Å². The molecule has 0 aromatic heterocycles. The highest BCUT2D eigenvalue weighted by molar-refractivity contribution is 6.34. The lowest BCUT2D eigenvalue weighted by atomic mass is 10.2. The van der Waals surface area contributed by atoms with Gasteiger partial charge in [-0.3, -0.25) is 10.1 Å². The monoisotopic (exact) mass is 315 g/mol. The third kappa shape index (κ3) is 3.59. The summed E-state index contributed by atoms with van der Waals surface area (Å²) in [5.41, 5.74) is -0.00599. The first kappa shape index (κ1) is 14.6. The van der Waals surface area contributed by atoms with Crippen LogP contribution in [0.1, 0.15) is 5.56 Å². The third-order valence-electron chi connectivity index (χ3n) is 2.44. The van der Waals surface area contributed by atoms with Gasteiger partial charge in [0.05, 0.1) is 16.0 Å². The molecule has 0 heterocycles. The molecule has 0 unspecified atom stereocenters. The summed E-state index contributed by atoms with van der Waals surface area (Å²) in [5.74, 6) is -0.374. The molecule has 0 aliphatic heterocycles. The number of nitro benzene ring substituents is 1. The maximum absolute atomic E-state index is 13.3. The fourth-order valence-electron chi connectivity index (χ4n) is 1.57. The fourth-order valence-corrected chi connectivity index (χ4v) is 1.91. The second-order valence-corrected chi connectivity index (χ2v) is 4.78. The first-order chi connectivity index (χ1) is 9.45. The number of ether oxygens (including phenoxy) is 1. The quantitative estimate of drug-likeness (QED) is 0.611. The Morgan fingerprint density at radius 1 is 1.20 bits per heavy atom. The van der Waals surface area contributed by atoms with Gasteiger partial charge in [0, 0.05) is 17.2 Å². The van der Waals surface area contributed by atoms with E-state index in [9.17, 15) is 14.5 Å². The van der Waals surface area contributed by atoms with Crippen LogP contribution < -0.4 is 4.74 Å². The van der Waals surface area contributed by atoms with Gasteiger partial charge >= 0.3 is 0 Å². The number of hydrogen-bond donors (Lipinski definition) is 0. The Kier molecular flexibility index (Phi) is 4.42. The molecule has 20 heavy (non-hydrogen) atoms. The molecule has 0 saturated heterocycles. The molecule has 2 aromatic carbocycles. The Balaban J connectivity index is 2.18. The number of nitro groups is 1. The fraction of sp³-hybridized carbons (Fsp3) is 0.0769. The highest BCUT2D eigenvalue weighted by Gasteiger charge is 2.11. The lowest BCUT2D eigenvalue weighted by molar-refractivity contribution is -0.385. The topological polar surface area (TPSA) is 52.4 Å². The van der Waals surface area contributed by atoms with Crippen molar-refractivity contribution in [2.45, 2.75) is 6.61 Å². The number of hydrogen-bond acceptors (Lipinski definition) is 3. The molecular formula is C13H8Cl2FNO3. The van der Waals surface area contributed by atoms with Crippen LogP contribution in [0.3, 0.4) is 0 Å². The van der Waals surface area contributed by atoms with E-state index in [2.05, 4.69) is 0 Å². The average molecular weight is 316 g/mol. The van der Waals surface area contributed by atoms with Crippen molar-refractivity contribution in [3.05, 3.63) is 67.9 Å². The SMILES string of the molecule is O=[N+]([O-])c1cc(F)cc(COc2cc(Cl)ccc2Cl)c1. The van der Waals surface area contributed by atoms with Crippen LogP contribution in [0.2, 0.25) is 10.0 Å². The summed E-state index contributed by atoms with van der Waals surface area (Å²) in [5, 5.41) is 11.4. The highest BCUT2D eigenvalue weighted by atomic mass is 35.5. The van der Waals surface area contributed by atoms with Crippen LogP contribution in [0.5, 0.6) is 5.75 Å². The number of halogens is 3. The van der Waals surface area contributed by atoms with Gasteiger partial charge in [0.25, 0.3) is 5.69 Å². The van der Waals surface area contributed by atoms with Gasteiger partial charge < -0.3 is 4.74 Å². The van der Waals surface area contributed by atoms with Crippen LogP contribution in [0.15, 0.2) is 36.4 Å². The molecule has 0 fully saturated rings. The molecule has 0 spiro atoms. The number of rotatable bonds is 4. The summed E-state index contributed by atoms with van der Waals surface area (Å²) in [4.78, 5) is 9.97. The molecule has 2 rings (SSSR count). The Hall–Kier alpha value is -1.85. The van der Waals surface area contributed by atoms with Crippen LogP contribution in [0.25, 0.3) is 0 Å². The van der Waals surface area contributed by atoms with Crippen molar-refractivity contribution in [3.63, 3.8) is 0 Å². The molecule has 4 nitrogen and oxygen atoms in total. The minimum atomic E-state index is -0.699. The Bertz CT molecular complexity index is 664. The molecule has 0 N–H and O–H groups in total. The predicted octanol–water partition coefficient (Wildman–Crippen LogP) is 4.62. The minimum Gasteiger partial charge on any atom is -0.487 e. The van der Waals surface area contributed by atoms with Gasteiger partial charge in [-0.15, -0.1) is 0 Å². The molecule has 7 heteroatoms. The molecule has 0 bridgehead atoms.